The molecule has 7 nitrogen and oxygen atoms in total. The van der Waals surface area contributed by atoms with Gasteiger partial charge in [-0.05, 0) is 67.4 Å². The molecule has 0 aliphatic heterocycles. The minimum Gasteiger partial charge on any atom is -0.354 e. The van der Waals surface area contributed by atoms with E-state index in [9.17, 15) is 18.0 Å². The topological polar surface area (TPSA) is 86.8 Å². The Bertz CT molecular complexity index is 1320. The van der Waals surface area contributed by atoms with E-state index in [0.29, 0.717) is 12.2 Å². The van der Waals surface area contributed by atoms with Crippen molar-refractivity contribution in [3.05, 3.63) is 93.4 Å². The van der Waals surface area contributed by atoms with Gasteiger partial charge in [-0.3, -0.25) is 13.9 Å². The molecule has 1 atom stereocenters. The van der Waals surface area contributed by atoms with Crippen molar-refractivity contribution in [3.63, 3.8) is 0 Å². The van der Waals surface area contributed by atoms with Gasteiger partial charge in [0, 0.05) is 22.0 Å². The lowest BCUT2D eigenvalue weighted by atomic mass is 10.1. The highest BCUT2D eigenvalue weighted by Gasteiger charge is 2.32. The normalized spacial score (nSPS) is 12.0. The number of sulfonamides is 1. The van der Waals surface area contributed by atoms with Crippen molar-refractivity contribution in [3.8, 4) is 0 Å². The predicted molar refractivity (Wildman–Crippen MR) is 153 cm³/mol. The van der Waals surface area contributed by atoms with Crippen LogP contribution in [0.15, 0.2) is 92.7 Å². The Morgan fingerprint density at radius 3 is 2.22 bits per heavy atom. The molecule has 0 saturated heterocycles. The Labute approximate surface area is 235 Å². The number of carbonyl (C=O) groups excluding carboxylic acids is 2. The Hall–Kier alpha value is -2.69. The molecule has 1 unspecified atom stereocenters. The molecule has 0 aliphatic carbocycles. The molecule has 2 amide bonds. The van der Waals surface area contributed by atoms with E-state index in [0.717, 1.165) is 25.2 Å². The van der Waals surface area contributed by atoms with E-state index in [-0.39, 0.29) is 17.3 Å². The number of rotatable bonds is 11. The molecule has 1 N–H and O–H groups in total. The highest BCUT2D eigenvalue weighted by Crippen LogP contribution is 2.26. The number of nitrogens with zero attached hydrogens (tertiary/aromatic N) is 2. The van der Waals surface area contributed by atoms with E-state index in [2.05, 4.69) is 37.2 Å². The van der Waals surface area contributed by atoms with Gasteiger partial charge in [0.05, 0.1) is 10.6 Å². The number of amides is 2. The standard InChI is InChI=1S/C27H29Br2N3O4S/c1-3-16-30-27(34)20(2)31(18-21-8-7-9-23(29)17-21)26(33)19-32(24-14-12-22(28)13-15-24)37(35,36)25-10-5-4-6-11-25/h4-15,17,20H,3,16,18-19H2,1-2H3,(H,30,34). The van der Waals surface area contributed by atoms with Gasteiger partial charge < -0.3 is 10.2 Å². The fourth-order valence-electron chi connectivity index (χ4n) is 3.67. The van der Waals surface area contributed by atoms with Crippen LogP contribution in [0.2, 0.25) is 0 Å². The highest BCUT2D eigenvalue weighted by molar-refractivity contribution is 9.10. The van der Waals surface area contributed by atoms with Crippen molar-refractivity contribution in [1.29, 1.82) is 0 Å². The molecule has 3 aromatic rings. The second-order valence-electron chi connectivity index (χ2n) is 8.42. The van der Waals surface area contributed by atoms with E-state index < -0.39 is 28.5 Å². The van der Waals surface area contributed by atoms with Crippen LogP contribution in [0.4, 0.5) is 5.69 Å². The van der Waals surface area contributed by atoms with Crippen molar-refractivity contribution >= 4 is 59.4 Å². The minimum atomic E-state index is -4.07. The summed E-state index contributed by atoms with van der Waals surface area (Å²) in [5, 5.41) is 2.83. The first-order chi connectivity index (χ1) is 17.6. The van der Waals surface area contributed by atoms with Crippen LogP contribution in [0.25, 0.3) is 0 Å². The summed E-state index contributed by atoms with van der Waals surface area (Å²) < 4.78 is 30.1. The molecule has 0 heterocycles. The Morgan fingerprint density at radius 2 is 1.59 bits per heavy atom. The number of benzene rings is 3. The Morgan fingerprint density at radius 1 is 0.919 bits per heavy atom. The minimum absolute atomic E-state index is 0.0676. The average molecular weight is 651 g/mol. The zero-order valence-electron chi connectivity index (χ0n) is 20.6. The van der Waals surface area contributed by atoms with E-state index in [1.807, 2.05) is 31.2 Å². The summed E-state index contributed by atoms with van der Waals surface area (Å²) in [5.74, 6) is -0.798. The summed E-state index contributed by atoms with van der Waals surface area (Å²) in [6.45, 7) is 3.74. The van der Waals surface area contributed by atoms with E-state index in [1.54, 1.807) is 49.4 Å². The average Bonchev–Trinajstić information content (AvgIpc) is 2.89. The SMILES string of the molecule is CCCNC(=O)C(C)N(Cc1cccc(Br)c1)C(=O)CN(c1ccc(Br)cc1)S(=O)(=O)c1ccccc1. The van der Waals surface area contributed by atoms with Gasteiger partial charge in [0.1, 0.15) is 12.6 Å². The largest absolute Gasteiger partial charge is 0.354 e. The van der Waals surface area contributed by atoms with Gasteiger partial charge in [-0.25, -0.2) is 8.42 Å². The lowest BCUT2D eigenvalue weighted by Gasteiger charge is -2.32. The fraction of sp³-hybridized carbons (Fsp3) is 0.259. The Balaban J connectivity index is 2.00. The second kappa shape index (κ2) is 13.2. The number of hydrogen-bond acceptors (Lipinski definition) is 4. The third-order valence-electron chi connectivity index (χ3n) is 5.68. The molecular weight excluding hydrogens is 622 g/mol. The maximum atomic E-state index is 13.8. The van der Waals surface area contributed by atoms with Crippen molar-refractivity contribution in [1.82, 2.24) is 10.2 Å². The summed E-state index contributed by atoms with van der Waals surface area (Å²) >= 11 is 6.81. The molecule has 0 saturated carbocycles. The van der Waals surface area contributed by atoms with Crippen molar-refractivity contribution in [2.45, 2.75) is 37.8 Å². The summed E-state index contributed by atoms with van der Waals surface area (Å²) in [7, 11) is -4.07. The van der Waals surface area contributed by atoms with Crippen molar-refractivity contribution in [2.24, 2.45) is 0 Å². The quantitative estimate of drug-likeness (QED) is 0.303. The van der Waals surface area contributed by atoms with Crippen molar-refractivity contribution < 1.29 is 18.0 Å². The smallest absolute Gasteiger partial charge is 0.264 e. The molecule has 0 radical (unpaired) electrons. The number of halogens is 2. The zero-order valence-corrected chi connectivity index (χ0v) is 24.6. The molecule has 0 bridgehead atoms. The third kappa shape index (κ3) is 7.66. The lowest BCUT2D eigenvalue weighted by Crippen LogP contribution is -2.51. The highest BCUT2D eigenvalue weighted by atomic mass is 79.9. The van der Waals surface area contributed by atoms with Crippen molar-refractivity contribution in [2.75, 3.05) is 17.4 Å². The summed E-state index contributed by atoms with van der Waals surface area (Å²) in [6, 6.07) is 21.3. The van der Waals surface area contributed by atoms with Crippen LogP contribution in [0.3, 0.4) is 0 Å². The van der Waals surface area contributed by atoms with Crippen LogP contribution in [-0.4, -0.2) is 44.3 Å². The molecule has 3 aromatic carbocycles. The molecule has 0 aromatic heterocycles. The predicted octanol–water partition coefficient (Wildman–Crippen LogP) is 5.35. The van der Waals surface area contributed by atoms with Crippen LogP contribution in [0, 0.1) is 0 Å². The number of hydrogen-bond donors (Lipinski definition) is 1. The van der Waals surface area contributed by atoms with Gasteiger partial charge in [0.2, 0.25) is 11.8 Å². The van der Waals surface area contributed by atoms with Gasteiger partial charge in [0.25, 0.3) is 10.0 Å². The molecule has 196 valence electrons. The van der Waals surface area contributed by atoms with Crippen LogP contribution >= 0.6 is 31.9 Å². The fourth-order valence-corrected chi connectivity index (χ4v) is 5.81. The van der Waals surface area contributed by atoms with E-state index >= 15 is 0 Å². The van der Waals surface area contributed by atoms with Crippen LogP contribution in [0.1, 0.15) is 25.8 Å². The third-order valence-corrected chi connectivity index (χ3v) is 8.49. The van der Waals surface area contributed by atoms with Crippen LogP contribution < -0.4 is 9.62 Å². The summed E-state index contributed by atoms with van der Waals surface area (Å²) in [6.07, 6.45) is 0.755. The van der Waals surface area contributed by atoms with Gasteiger partial charge in [-0.15, -0.1) is 0 Å². The lowest BCUT2D eigenvalue weighted by molar-refractivity contribution is -0.139. The Kier molecular flexibility index (Phi) is 10.3. The molecule has 0 aliphatic rings. The van der Waals surface area contributed by atoms with Gasteiger partial charge >= 0.3 is 0 Å². The van der Waals surface area contributed by atoms with E-state index in [1.165, 1.54) is 17.0 Å². The summed E-state index contributed by atoms with van der Waals surface area (Å²) in [4.78, 5) is 28.1. The molecule has 0 fully saturated rings. The first kappa shape index (κ1) is 28.9. The first-order valence-corrected chi connectivity index (χ1v) is 14.8. The number of anilines is 1. The number of carbonyl (C=O) groups is 2. The molecule has 37 heavy (non-hydrogen) atoms. The molecule has 10 heteroatoms. The van der Waals surface area contributed by atoms with Gasteiger partial charge in [-0.2, -0.15) is 0 Å². The second-order valence-corrected chi connectivity index (χ2v) is 12.1. The maximum absolute atomic E-state index is 13.8. The molecule has 0 spiro atoms. The first-order valence-electron chi connectivity index (χ1n) is 11.8. The zero-order chi connectivity index (χ0) is 27.0. The van der Waals surface area contributed by atoms with Crippen LogP contribution in [0.5, 0.6) is 0 Å². The number of nitrogens with one attached hydrogen (secondary N) is 1. The van der Waals surface area contributed by atoms with E-state index in [4.69, 9.17) is 0 Å². The monoisotopic (exact) mass is 649 g/mol. The summed E-state index contributed by atoms with van der Waals surface area (Å²) in [5.41, 5.74) is 1.14. The van der Waals surface area contributed by atoms with Crippen LogP contribution in [-0.2, 0) is 26.2 Å². The maximum Gasteiger partial charge on any atom is 0.264 e. The molecule has 3 rings (SSSR count). The van der Waals surface area contributed by atoms with Gasteiger partial charge in [-0.1, -0.05) is 69.1 Å². The van der Waals surface area contributed by atoms with Gasteiger partial charge in [0.15, 0.2) is 0 Å². The molecular formula is C27H29Br2N3O4S.